The minimum Gasteiger partial charge on any atom is -0.252 e. The smallest absolute Gasteiger partial charge is 0.153 e. The first-order chi connectivity index (χ1) is 7.51. The molecule has 1 heterocycles. The van der Waals surface area contributed by atoms with E-state index in [2.05, 4.69) is 17.2 Å². The van der Waals surface area contributed by atoms with Gasteiger partial charge in [-0.2, -0.15) is 0 Å². The number of hydrogen-bond acceptors (Lipinski definition) is 4. The van der Waals surface area contributed by atoms with Gasteiger partial charge in [-0.3, -0.25) is 4.68 Å². The second-order valence-electron chi connectivity index (χ2n) is 4.10. The highest BCUT2D eigenvalue weighted by molar-refractivity contribution is 7.89. The summed E-state index contributed by atoms with van der Waals surface area (Å²) in [5, 5.41) is 7.73. The van der Waals surface area contributed by atoms with Crippen molar-refractivity contribution in [1.29, 1.82) is 0 Å². The number of rotatable bonds is 7. The Labute approximate surface area is 96.8 Å². The van der Waals surface area contributed by atoms with Gasteiger partial charge in [-0.05, 0) is 6.42 Å². The molecule has 0 aliphatic heterocycles. The van der Waals surface area contributed by atoms with Crippen LogP contribution in [0.15, 0.2) is 6.20 Å². The third-order valence-corrected chi connectivity index (χ3v) is 3.06. The molecule has 0 saturated carbocycles. The number of nitrogens with zero attached hydrogens (tertiary/aromatic N) is 3. The van der Waals surface area contributed by atoms with Crippen molar-refractivity contribution in [3.63, 3.8) is 0 Å². The van der Waals surface area contributed by atoms with Crippen LogP contribution in [0, 0.1) is 0 Å². The van der Waals surface area contributed by atoms with E-state index >= 15 is 0 Å². The molecule has 1 aromatic rings. The van der Waals surface area contributed by atoms with Crippen LogP contribution in [0.2, 0.25) is 0 Å². The molecule has 16 heavy (non-hydrogen) atoms. The maximum absolute atomic E-state index is 11.0. The van der Waals surface area contributed by atoms with Crippen molar-refractivity contribution in [1.82, 2.24) is 15.0 Å². The monoisotopic (exact) mass is 245 g/mol. The van der Waals surface area contributed by atoms with Crippen LogP contribution in [0.3, 0.4) is 0 Å². The number of unbranched alkanes of at least 4 members (excludes halogenated alkanes) is 3. The van der Waals surface area contributed by atoms with Crippen molar-refractivity contribution < 1.29 is 8.42 Å². The molecule has 0 amide bonds. The predicted octanol–water partition coefficient (Wildman–Crippen LogP) is 1.40. The molecule has 1 rings (SSSR count). The fourth-order valence-electron chi connectivity index (χ4n) is 1.48. The molecule has 0 fully saturated rings. The Morgan fingerprint density at radius 2 is 2.06 bits per heavy atom. The van der Waals surface area contributed by atoms with Gasteiger partial charge in [-0.25, -0.2) is 8.42 Å². The van der Waals surface area contributed by atoms with E-state index in [1.54, 1.807) is 10.9 Å². The quantitative estimate of drug-likeness (QED) is 0.681. The lowest BCUT2D eigenvalue weighted by molar-refractivity contribution is 0.527. The number of sulfone groups is 1. The second-order valence-corrected chi connectivity index (χ2v) is 6.24. The van der Waals surface area contributed by atoms with Crippen LogP contribution in [-0.2, 0) is 22.1 Å². The van der Waals surface area contributed by atoms with Gasteiger partial charge in [0.25, 0.3) is 0 Å². The van der Waals surface area contributed by atoms with Crippen LogP contribution in [0.1, 0.15) is 38.3 Å². The molecule has 0 aromatic carbocycles. The van der Waals surface area contributed by atoms with Crippen LogP contribution in [0.4, 0.5) is 0 Å². The summed E-state index contributed by atoms with van der Waals surface area (Å²) >= 11 is 0. The van der Waals surface area contributed by atoms with Gasteiger partial charge in [0.05, 0.1) is 11.4 Å². The summed E-state index contributed by atoms with van der Waals surface area (Å²) in [6.07, 6.45) is 7.59. The average Bonchev–Trinajstić information content (AvgIpc) is 2.58. The van der Waals surface area contributed by atoms with Crippen molar-refractivity contribution in [3.05, 3.63) is 11.9 Å². The molecule has 0 N–H and O–H groups in total. The van der Waals surface area contributed by atoms with E-state index in [0.29, 0.717) is 5.69 Å². The zero-order chi connectivity index (χ0) is 12.0. The Balaban J connectivity index is 2.40. The van der Waals surface area contributed by atoms with Gasteiger partial charge >= 0.3 is 0 Å². The molecule has 0 saturated heterocycles. The summed E-state index contributed by atoms with van der Waals surface area (Å²) < 4.78 is 23.8. The topological polar surface area (TPSA) is 64.8 Å². The third kappa shape index (κ3) is 5.25. The Kier molecular flexibility index (Phi) is 4.92. The Morgan fingerprint density at radius 3 is 2.69 bits per heavy atom. The maximum Gasteiger partial charge on any atom is 0.153 e. The standard InChI is InChI=1S/C10H19N3O2S/c1-3-4-5-6-7-13-8-10(11-12-13)9-16(2,14)15/h8H,3-7,9H2,1-2H3. The van der Waals surface area contributed by atoms with Gasteiger partial charge in [-0.15, -0.1) is 5.10 Å². The molecular weight excluding hydrogens is 226 g/mol. The van der Waals surface area contributed by atoms with Crippen LogP contribution in [0.5, 0.6) is 0 Å². The summed E-state index contributed by atoms with van der Waals surface area (Å²) in [6, 6.07) is 0. The number of hydrogen-bond donors (Lipinski definition) is 0. The Bertz CT molecular complexity index is 411. The first kappa shape index (κ1) is 13.2. The minimum absolute atomic E-state index is 0.0258. The van der Waals surface area contributed by atoms with Gasteiger partial charge in [0.1, 0.15) is 0 Å². The maximum atomic E-state index is 11.0. The highest BCUT2D eigenvalue weighted by atomic mass is 32.2. The van der Waals surface area contributed by atoms with Crippen LogP contribution in [0.25, 0.3) is 0 Å². The molecule has 0 unspecified atom stereocenters. The Hall–Kier alpha value is -0.910. The molecule has 0 radical (unpaired) electrons. The highest BCUT2D eigenvalue weighted by Gasteiger charge is 2.08. The van der Waals surface area contributed by atoms with Crippen molar-refractivity contribution in [2.75, 3.05) is 6.26 Å². The first-order valence-electron chi connectivity index (χ1n) is 5.58. The second kappa shape index (κ2) is 5.98. The van der Waals surface area contributed by atoms with Gasteiger partial charge in [0, 0.05) is 19.0 Å². The summed E-state index contributed by atoms with van der Waals surface area (Å²) in [7, 11) is -3.01. The van der Waals surface area contributed by atoms with Crippen molar-refractivity contribution in [3.8, 4) is 0 Å². The van der Waals surface area contributed by atoms with Gasteiger partial charge < -0.3 is 0 Å². The molecule has 0 spiro atoms. The van der Waals surface area contributed by atoms with Gasteiger partial charge in [0.15, 0.2) is 9.84 Å². The van der Waals surface area contributed by atoms with E-state index < -0.39 is 9.84 Å². The molecular formula is C10H19N3O2S. The zero-order valence-corrected chi connectivity index (χ0v) is 10.7. The van der Waals surface area contributed by atoms with Crippen molar-refractivity contribution in [2.45, 2.75) is 44.9 Å². The van der Waals surface area contributed by atoms with E-state index in [4.69, 9.17) is 0 Å². The normalized spacial score (nSPS) is 11.9. The van der Waals surface area contributed by atoms with E-state index in [-0.39, 0.29) is 5.75 Å². The summed E-state index contributed by atoms with van der Waals surface area (Å²) in [6.45, 7) is 2.98. The number of aryl methyl sites for hydroxylation is 1. The molecule has 1 aromatic heterocycles. The molecule has 0 aliphatic carbocycles. The highest BCUT2D eigenvalue weighted by Crippen LogP contribution is 2.03. The summed E-state index contributed by atoms with van der Waals surface area (Å²) in [5.74, 6) is -0.0258. The Morgan fingerprint density at radius 1 is 1.31 bits per heavy atom. The van der Waals surface area contributed by atoms with E-state index in [1.807, 2.05) is 0 Å². The summed E-state index contributed by atoms with van der Waals surface area (Å²) in [5.41, 5.74) is 0.526. The average molecular weight is 245 g/mol. The third-order valence-electron chi connectivity index (χ3n) is 2.24. The molecule has 6 heteroatoms. The molecule has 0 bridgehead atoms. The van der Waals surface area contributed by atoms with Gasteiger partial charge in [0.2, 0.25) is 0 Å². The minimum atomic E-state index is -3.01. The molecule has 0 atom stereocenters. The van der Waals surface area contributed by atoms with Crippen LogP contribution < -0.4 is 0 Å². The number of aromatic nitrogens is 3. The summed E-state index contributed by atoms with van der Waals surface area (Å²) in [4.78, 5) is 0. The van der Waals surface area contributed by atoms with E-state index in [9.17, 15) is 8.42 Å². The first-order valence-corrected chi connectivity index (χ1v) is 7.64. The molecule has 92 valence electrons. The SMILES string of the molecule is CCCCCCn1cc(CS(C)(=O)=O)nn1. The van der Waals surface area contributed by atoms with Crippen molar-refractivity contribution >= 4 is 9.84 Å². The lowest BCUT2D eigenvalue weighted by Gasteiger charge is -1.98. The van der Waals surface area contributed by atoms with E-state index in [0.717, 1.165) is 13.0 Å². The van der Waals surface area contributed by atoms with Crippen molar-refractivity contribution in [2.24, 2.45) is 0 Å². The lowest BCUT2D eigenvalue weighted by Crippen LogP contribution is -2.01. The van der Waals surface area contributed by atoms with Crippen LogP contribution in [-0.4, -0.2) is 29.7 Å². The fourth-order valence-corrected chi connectivity index (χ4v) is 2.15. The van der Waals surface area contributed by atoms with Gasteiger partial charge in [-0.1, -0.05) is 31.4 Å². The zero-order valence-electron chi connectivity index (χ0n) is 9.89. The molecule has 5 nitrogen and oxygen atoms in total. The predicted molar refractivity (Wildman–Crippen MR) is 62.7 cm³/mol. The molecule has 0 aliphatic rings. The van der Waals surface area contributed by atoms with Crippen LogP contribution >= 0.6 is 0 Å². The fraction of sp³-hybridized carbons (Fsp3) is 0.800. The lowest BCUT2D eigenvalue weighted by atomic mass is 10.2. The largest absolute Gasteiger partial charge is 0.252 e. The van der Waals surface area contributed by atoms with E-state index in [1.165, 1.54) is 25.5 Å².